The van der Waals surface area contributed by atoms with E-state index in [2.05, 4.69) is 0 Å². The molecule has 1 aromatic carbocycles. The summed E-state index contributed by atoms with van der Waals surface area (Å²) in [6, 6.07) is 5.83. The standard InChI is InChI=1S/C11H12ClNO3S/c12-11(14)9-4-3-5-10(8-9)17(15,16)13-6-1-2-7-13/h3-5,8H,1-2,6-7H2. The smallest absolute Gasteiger partial charge is 0.252 e. The average Bonchev–Trinajstić information content (AvgIpc) is 2.83. The molecule has 1 aliphatic rings. The molecule has 0 atom stereocenters. The zero-order valence-corrected chi connectivity index (χ0v) is 10.7. The van der Waals surface area contributed by atoms with Crippen molar-refractivity contribution in [3.8, 4) is 0 Å². The molecule has 0 unspecified atom stereocenters. The van der Waals surface area contributed by atoms with E-state index in [-0.39, 0.29) is 10.5 Å². The molecule has 4 nitrogen and oxygen atoms in total. The van der Waals surface area contributed by atoms with E-state index < -0.39 is 15.3 Å². The number of hydrogen-bond donors (Lipinski definition) is 0. The van der Waals surface area contributed by atoms with Crippen molar-refractivity contribution in [2.45, 2.75) is 17.7 Å². The molecule has 1 aromatic rings. The fraction of sp³-hybridized carbons (Fsp3) is 0.364. The van der Waals surface area contributed by atoms with Gasteiger partial charge in [0.25, 0.3) is 5.24 Å². The first-order valence-corrected chi connectivity index (χ1v) is 7.13. The van der Waals surface area contributed by atoms with Gasteiger partial charge in [-0.1, -0.05) is 12.1 Å². The van der Waals surface area contributed by atoms with E-state index in [1.54, 1.807) is 0 Å². The summed E-state index contributed by atoms with van der Waals surface area (Å²) in [6.07, 6.45) is 1.76. The zero-order valence-electron chi connectivity index (χ0n) is 9.10. The highest BCUT2D eigenvalue weighted by atomic mass is 35.5. The lowest BCUT2D eigenvalue weighted by atomic mass is 10.2. The normalized spacial score (nSPS) is 17.2. The van der Waals surface area contributed by atoms with Crippen LogP contribution in [-0.4, -0.2) is 31.1 Å². The van der Waals surface area contributed by atoms with Crippen molar-refractivity contribution in [1.29, 1.82) is 0 Å². The number of rotatable bonds is 3. The quantitative estimate of drug-likeness (QED) is 0.790. The van der Waals surface area contributed by atoms with Gasteiger partial charge < -0.3 is 0 Å². The monoisotopic (exact) mass is 273 g/mol. The van der Waals surface area contributed by atoms with Crippen LogP contribution in [0, 0.1) is 0 Å². The van der Waals surface area contributed by atoms with Crippen molar-refractivity contribution in [3.05, 3.63) is 29.8 Å². The Labute approximate surface area is 105 Å². The van der Waals surface area contributed by atoms with Crippen molar-refractivity contribution >= 4 is 26.9 Å². The number of sulfonamides is 1. The van der Waals surface area contributed by atoms with Gasteiger partial charge in [-0.15, -0.1) is 0 Å². The van der Waals surface area contributed by atoms with Gasteiger partial charge >= 0.3 is 0 Å². The molecule has 0 spiro atoms. The Hall–Kier alpha value is -0.910. The Balaban J connectivity index is 2.39. The highest BCUT2D eigenvalue weighted by Crippen LogP contribution is 2.21. The van der Waals surface area contributed by atoms with Crippen molar-refractivity contribution in [2.24, 2.45) is 0 Å². The summed E-state index contributed by atoms with van der Waals surface area (Å²) in [5.74, 6) is 0. The van der Waals surface area contributed by atoms with Crippen LogP contribution in [0.4, 0.5) is 0 Å². The second kappa shape index (κ2) is 4.76. The molecule has 17 heavy (non-hydrogen) atoms. The van der Waals surface area contributed by atoms with Crippen molar-refractivity contribution in [3.63, 3.8) is 0 Å². The molecule has 0 N–H and O–H groups in total. The molecular formula is C11H12ClNO3S. The van der Waals surface area contributed by atoms with Gasteiger partial charge in [0.05, 0.1) is 4.90 Å². The van der Waals surface area contributed by atoms with Crippen molar-refractivity contribution in [2.75, 3.05) is 13.1 Å². The van der Waals surface area contributed by atoms with Crippen LogP contribution in [0.15, 0.2) is 29.2 Å². The molecule has 0 aromatic heterocycles. The Kier molecular flexibility index (Phi) is 3.51. The van der Waals surface area contributed by atoms with Crippen LogP contribution >= 0.6 is 11.6 Å². The van der Waals surface area contributed by atoms with Gasteiger partial charge in [-0.3, -0.25) is 4.79 Å². The number of hydrogen-bond acceptors (Lipinski definition) is 3. The topological polar surface area (TPSA) is 54.5 Å². The van der Waals surface area contributed by atoms with E-state index in [0.717, 1.165) is 12.8 Å². The van der Waals surface area contributed by atoms with Gasteiger partial charge in [-0.2, -0.15) is 4.31 Å². The largest absolute Gasteiger partial charge is 0.276 e. The summed E-state index contributed by atoms with van der Waals surface area (Å²) in [7, 11) is -3.47. The Bertz CT molecular complexity index is 535. The molecule has 2 rings (SSSR count). The molecule has 0 bridgehead atoms. The number of benzene rings is 1. The van der Waals surface area contributed by atoms with Crippen LogP contribution < -0.4 is 0 Å². The molecule has 92 valence electrons. The summed E-state index contributed by atoms with van der Waals surface area (Å²) in [6.45, 7) is 1.09. The predicted molar refractivity (Wildman–Crippen MR) is 64.6 cm³/mol. The first-order valence-electron chi connectivity index (χ1n) is 5.32. The zero-order chi connectivity index (χ0) is 12.5. The SMILES string of the molecule is O=C(Cl)c1cccc(S(=O)(=O)N2CCCC2)c1. The maximum Gasteiger partial charge on any atom is 0.252 e. The number of nitrogens with zero attached hydrogens (tertiary/aromatic N) is 1. The van der Waals surface area contributed by atoms with Crippen LogP contribution in [-0.2, 0) is 10.0 Å². The van der Waals surface area contributed by atoms with Crippen LogP contribution in [0.2, 0.25) is 0 Å². The second-order valence-corrected chi connectivity index (χ2v) is 6.19. The van der Waals surface area contributed by atoms with Gasteiger partial charge in [0, 0.05) is 18.7 Å². The summed E-state index contributed by atoms with van der Waals surface area (Å²) < 4.78 is 25.8. The lowest BCUT2D eigenvalue weighted by molar-refractivity contribution is 0.108. The van der Waals surface area contributed by atoms with E-state index >= 15 is 0 Å². The summed E-state index contributed by atoms with van der Waals surface area (Å²) in [4.78, 5) is 11.1. The molecule has 0 radical (unpaired) electrons. The van der Waals surface area contributed by atoms with E-state index in [4.69, 9.17) is 11.6 Å². The maximum absolute atomic E-state index is 12.2. The van der Waals surface area contributed by atoms with Crippen LogP contribution in [0.25, 0.3) is 0 Å². The van der Waals surface area contributed by atoms with E-state index in [9.17, 15) is 13.2 Å². The lowest BCUT2D eigenvalue weighted by Gasteiger charge is -2.15. The second-order valence-electron chi connectivity index (χ2n) is 3.91. The first-order chi connectivity index (χ1) is 8.01. The lowest BCUT2D eigenvalue weighted by Crippen LogP contribution is -2.27. The minimum atomic E-state index is -3.47. The Morgan fingerprint density at radius 2 is 1.88 bits per heavy atom. The minimum Gasteiger partial charge on any atom is -0.276 e. The van der Waals surface area contributed by atoms with Crippen LogP contribution in [0.5, 0.6) is 0 Å². The maximum atomic E-state index is 12.2. The summed E-state index contributed by atoms with van der Waals surface area (Å²) >= 11 is 5.34. The van der Waals surface area contributed by atoms with Gasteiger partial charge in [-0.05, 0) is 36.6 Å². The Morgan fingerprint density at radius 1 is 1.24 bits per heavy atom. The van der Waals surface area contributed by atoms with Gasteiger partial charge in [0.1, 0.15) is 0 Å². The van der Waals surface area contributed by atoms with Gasteiger partial charge in [0.15, 0.2) is 0 Å². The summed E-state index contributed by atoms with van der Waals surface area (Å²) in [5, 5.41) is -0.650. The van der Waals surface area contributed by atoms with Crippen LogP contribution in [0.3, 0.4) is 0 Å². The molecule has 0 saturated carbocycles. The Morgan fingerprint density at radius 3 is 2.47 bits per heavy atom. The average molecular weight is 274 g/mol. The minimum absolute atomic E-state index is 0.130. The first kappa shape index (κ1) is 12.5. The summed E-state index contributed by atoms with van der Waals surface area (Å²) in [5.41, 5.74) is 0.201. The molecule has 1 fully saturated rings. The molecule has 0 aliphatic carbocycles. The van der Waals surface area contributed by atoms with Gasteiger partial charge in [-0.25, -0.2) is 8.42 Å². The van der Waals surface area contributed by atoms with E-state index in [1.165, 1.54) is 28.6 Å². The fourth-order valence-corrected chi connectivity index (χ4v) is 3.54. The molecule has 1 aliphatic heterocycles. The van der Waals surface area contributed by atoms with E-state index in [0.29, 0.717) is 13.1 Å². The molecule has 0 amide bonds. The van der Waals surface area contributed by atoms with Crippen molar-refractivity contribution in [1.82, 2.24) is 4.31 Å². The fourth-order valence-electron chi connectivity index (χ4n) is 1.86. The third kappa shape index (κ3) is 2.51. The van der Waals surface area contributed by atoms with Crippen molar-refractivity contribution < 1.29 is 13.2 Å². The molecular weight excluding hydrogens is 262 g/mol. The number of halogens is 1. The molecule has 1 heterocycles. The highest BCUT2D eigenvalue weighted by Gasteiger charge is 2.27. The third-order valence-electron chi connectivity index (χ3n) is 2.76. The van der Waals surface area contributed by atoms with Crippen LogP contribution in [0.1, 0.15) is 23.2 Å². The number of carbonyl (C=O) groups excluding carboxylic acids is 1. The molecule has 1 saturated heterocycles. The van der Waals surface area contributed by atoms with Gasteiger partial charge in [0.2, 0.25) is 10.0 Å². The molecule has 6 heteroatoms. The number of carbonyl (C=O) groups is 1. The highest BCUT2D eigenvalue weighted by molar-refractivity contribution is 7.89. The predicted octanol–water partition coefficient (Wildman–Crippen LogP) is 1.85. The third-order valence-corrected chi connectivity index (χ3v) is 4.88. The van der Waals surface area contributed by atoms with E-state index in [1.807, 2.05) is 0 Å².